The predicted octanol–water partition coefficient (Wildman–Crippen LogP) is 6.06. The third-order valence-corrected chi connectivity index (χ3v) is 4.55. The Kier molecular flexibility index (Phi) is 17.2. The van der Waals surface area contributed by atoms with Gasteiger partial charge in [0.25, 0.3) is 0 Å². The van der Waals surface area contributed by atoms with Crippen molar-refractivity contribution in [3.8, 4) is 0 Å². The van der Waals surface area contributed by atoms with Crippen molar-refractivity contribution in [2.24, 2.45) is 0 Å². The van der Waals surface area contributed by atoms with Crippen molar-refractivity contribution < 1.29 is 9.90 Å². The summed E-state index contributed by atoms with van der Waals surface area (Å²) in [4.78, 5) is 10.3. The van der Waals surface area contributed by atoms with Crippen molar-refractivity contribution in [1.82, 2.24) is 0 Å². The van der Waals surface area contributed by atoms with Crippen LogP contribution < -0.4 is 0 Å². The number of aliphatic carboxylic acids is 1. The quantitative estimate of drug-likeness (QED) is 0.278. The van der Waals surface area contributed by atoms with Crippen LogP contribution in [0.25, 0.3) is 0 Å². The predicted molar refractivity (Wildman–Crippen MR) is 95.2 cm³/mol. The Morgan fingerprint density at radius 2 is 1.38 bits per heavy atom. The van der Waals surface area contributed by atoms with Gasteiger partial charge in [0, 0.05) is 0 Å². The fourth-order valence-electron chi connectivity index (χ4n) is 2.26. The lowest BCUT2D eigenvalue weighted by Crippen LogP contribution is -1.98. The van der Waals surface area contributed by atoms with Gasteiger partial charge in [-0.1, -0.05) is 64.0 Å². The van der Waals surface area contributed by atoms with Gasteiger partial charge in [0.2, 0.25) is 0 Å². The molecule has 0 aliphatic heterocycles. The maximum absolute atomic E-state index is 10.3. The molecule has 0 radical (unpaired) electrons. The second-order valence-electron chi connectivity index (χ2n) is 5.68. The molecule has 0 fully saturated rings. The highest BCUT2D eigenvalue weighted by atomic mass is 32.2. The van der Waals surface area contributed by atoms with Crippen LogP contribution in [0.5, 0.6) is 0 Å². The number of rotatable bonds is 16. The monoisotopic (exact) mass is 314 g/mol. The first-order valence-electron chi connectivity index (χ1n) is 8.72. The van der Waals surface area contributed by atoms with Crippen LogP contribution in [0.3, 0.4) is 0 Å². The van der Waals surface area contributed by atoms with E-state index in [2.05, 4.69) is 19.1 Å². The zero-order valence-electron chi connectivity index (χ0n) is 13.8. The second kappa shape index (κ2) is 17.6. The Labute approximate surface area is 135 Å². The number of thioether (sulfide) groups is 1. The van der Waals surface area contributed by atoms with Gasteiger partial charge in [-0.05, 0) is 37.9 Å². The van der Waals surface area contributed by atoms with Crippen LogP contribution in [0.4, 0.5) is 0 Å². The van der Waals surface area contributed by atoms with Gasteiger partial charge in [0.05, 0.1) is 5.75 Å². The number of allylic oxidation sites excluding steroid dienone is 2. The van der Waals surface area contributed by atoms with Gasteiger partial charge in [0.15, 0.2) is 0 Å². The summed E-state index contributed by atoms with van der Waals surface area (Å²) in [5, 5.41) is 8.50. The standard InChI is InChI=1S/C18H34O2S/c1-2-3-4-5-6-7-8-9-10-11-12-13-14-15-16-21-17-18(19)20/h7-8H,2-6,9-17H2,1H3,(H,19,20)/b8-7-. The molecule has 0 aromatic heterocycles. The molecular weight excluding hydrogens is 280 g/mol. The highest BCUT2D eigenvalue weighted by Crippen LogP contribution is 2.11. The Hall–Kier alpha value is -0.440. The van der Waals surface area contributed by atoms with E-state index in [-0.39, 0.29) is 5.75 Å². The topological polar surface area (TPSA) is 37.3 Å². The van der Waals surface area contributed by atoms with E-state index in [4.69, 9.17) is 5.11 Å². The number of carboxylic acids is 1. The number of carbonyl (C=O) groups is 1. The van der Waals surface area contributed by atoms with Gasteiger partial charge >= 0.3 is 5.97 Å². The summed E-state index contributed by atoms with van der Waals surface area (Å²) in [5.74, 6) is 0.552. The molecule has 2 nitrogen and oxygen atoms in total. The summed E-state index contributed by atoms with van der Waals surface area (Å²) < 4.78 is 0. The lowest BCUT2D eigenvalue weighted by molar-refractivity contribution is -0.133. The van der Waals surface area contributed by atoms with Crippen LogP contribution >= 0.6 is 11.8 Å². The smallest absolute Gasteiger partial charge is 0.313 e. The average Bonchev–Trinajstić information content (AvgIpc) is 2.46. The molecule has 0 bridgehead atoms. The Morgan fingerprint density at radius 3 is 1.95 bits per heavy atom. The molecule has 0 aromatic rings. The van der Waals surface area contributed by atoms with Crippen LogP contribution in [-0.4, -0.2) is 22.6 Å². The summed E-state index contributed by atoms with van der Waals surface area (Å²) in [6.45, 7) is 2.25. The maximum atomic E-state index is 10.3. The molecule has 0 atom stereocenters. The molecule has 124 valence electrons. The zero-order chi connectivity index (χ0) is 15.6. The summed E-state index contributed by atoms with van der Waals surface area (Å²) in [6.07, 6.45) is 20.3. The molecule has 0 amide bonds. The summed E-state index contributed by atoms with van der Waals surface area (Å²) in [6, 6.07) is 0. The molecule has 0 saturated carbocycles. The molecule has 3 heteroatoms. The SMILES string of the molecule is CCCCCC/C=C\CCCCCCCCSCC(=O)O. The Morgan fingerprint density at radius 1 is 0.857 bits per heavy atom. The molecule has 1 N–H and O–H groups in total. The Bertz CT molecular complexity index is 252. The fraction of sp³-hybridized carbons (Fsp3) is 0.833. The lowest BCUT2D eigenvalue weighted by Gasteiger charge is -2.00. The van der Waals surface area contributed by atoms with Gasteiger partial charge in [0.1, 0.15) is 0 Å². The van der Waals surface area contributed by atoms with E-state index in [1.165, 1.54) is 82.4 Å². The van der Waals surface area contributed by atoms with E-state index in [1.807, 2.05) is 0 Å². The minimum atomic E-state index is -0.696. The molecule has 0 aromatic carbocycles. The first-order chi connectivity index (χ1) is 10.3. The minimum Gasteiger partial charge on any atom is -0.481 e. The van der Waals surface area contributed by atoms with Crippen molar-refractivity contribution in [3.05, 3.63) is 12.2 Å². The highest BCUT2D eigenvalue weighted by Gasteiger charge is 1.96. The van der Waals surface area contributed by atoms with Gasteiger partial charge in [-0.15, -0.1) is 0 Å². The molecule has 0 aliphatic rings. The van der Waals surface area contributed by atoms with Crippen molar-refractivity contribution in [3.63, 3.8) is 0 Å². The van der Waals surface area contributed by atoms with Crippen molar-refractivity contribution in [1.29, 1.82) is 0 Å². The highest BCUT2D eigenvalue weighted by molar-refractivity contribution is 7.99. The van der Waals surface area contributed by atoms with Crippen LogP contribution in [0, 0.1) is 0 Å². The number of unbranched alkanes of at least 4 members (excludes halogenated alkanes) is 10. The van der Waals surface area contributed by atoms with Crippen molar-refractivity contribution in [2.75, 3.05) is 11.5 Å². The molecule has 0 rings (SSSR count). The molecule has 0 aliphatic carbocycles. The number of hydrogen-bond donors (Lipinski definition) is 1. The average molecular weight is 315 g/mol. The van der Waals surface area contributed by atoms with E-state index in [9.17, 15) is 4.79 Å². The van der Waals surface area contributed by atoms with E-state index in [0.29, 0.717) is 0 Å². The summed E-state index contributed by atoms with van der Waals surface area (Å²) in [5.41, 5.74) is 0. The molecule has 0 heterocycles. The van der Waals surface area contributed by atoms with E-state index in [0.717, 1.165) is 12.2 Å². The van der Waals surface area contributed by atoms with E-state index >= 15 is 0 Å². The second-order valence-corrected chi connectivity index (χ2v) is 6.78. The molecule has 0 unspecified atom stereocenters. The number of hydrogen-bond acceptors (Lipinski definition) is 2. The molecule has 0 spiro atoms. The Balaban J connectivity index is 3.05. The molecular formula is C18H34O2S. The normalized spacial score (nSPS) is 11.3. The third kappa shape index (κ3) is 19.6. The van der Waals surface area contributed by atoms with Gasteiger partial charge in [-0.2, -0.15) is 11.8 Å². The zero-order valence-corrected chi connectivity index (χ0v) is 14.6. The molecule has 0 saturated heterocycles. The van der Waals surface area contributed by atoms with E-state index in [1.54, 1.807) is 0 Å². The van der Waals surface area contributed by atoms with Gasteiger partial charge in [-0.25, -0.2) is 0 Å². The van der Waals surface area contributed by atoms with Crippen LogP contribution in [-0.2, 0) is 4.79 Å². The number of carboxylic acid groups (broad SMARTS) is 1. The van der Waals surface area contributed by atoms with Gasteiger partial charge in [-0.3, -0.25) is 4.79 Å². The maximum Gasteiger partial charge on any atom is 0.313 e. The fourth-order valence-corrected chi connectivity index (χ4v) is 2.98. The summed E-state index contributed by atoms with van der Waals surface area (Å²) in [7, 11) is 0. The van der Waals surface area contributed by atoms with Crippen LogP contribution in [0.2, 0.25) is 0 Å². The van der Waals surface area contributed by atoms with Crippen molar-refractivity contribution >= 4 is 17.7 Å². The molecule has 21 heavy (non-hydrogen) atoms. The van der Waals surface area contributed by atoms with Gasteiger partial charge < -0.3 is 5.11 Å². The summed E-state index contributed by atoms with van der Waals surface area (Å²) >= 11 is 1.54. The lowest BCUT2D eigenvalue weighted by atomic mass is 10.1. The third-order valence-electron chi connectivity index (χ3n) is 3.53. The first-order valence-corrected chi connectivity index (χ1v) is 9.87. The van der Waals surface area contributed by atoms with Crippen LogP contribution in [0.1, 0.15) is 84.0 Å². The largest absolute Gasteiger partial charge is 0.481 e. The van der Waals surface area contributed by atoms with Crippen LogP contribution in [0.15, 0.2) is 12.2 Å². The first kappa shape index (κ1) is 20.6. The van der Waals surface area contributed by atoms with Crippen molar-refractivity contribution in [2.45, 2.75) is 84.0 Å². The van der Waals surface area contributed by atoms with E-state index < -0.39 is 5.97 Å². The minimum absolute atomic E-state index is 0.255.